The van der Waals surface area contributed by atoms with Crippen LogP contribution in [0.5, 0.6) is 0 Å². The van der Waals surface area contributed by atoms with E-state index in [-0.39, 0.29) is 21.1 Å². The average Bonchev–Trinajstić information content (AvgIpc) is 2.85. The Balaban J connectivity index is 0.000000156. The fraction of sp³-hybridized carbons (Fsp3) is 0. The molecule has 0 aliphatic carbocycles. The Bertz CT molecular complexity index is 1320. The van der Waals surface area contributed by atoms with E-state index in [4.69, 9.17) is 0 Å². The van der Waals surface area contributed by atoms with Gasteiger partial charge in [0.1, 0.15) is 0 Å². The first-order chi connectivity index (χ1) is 14.9. The summed E-state index contributed by atoms with van der Waals surface area (Å²) in [7, 11) is 0. The van der Waals surface area contributed by atoms with Gasteiger partial charge in [0.15, 0.2) is 0 Å². The van der Waals surface area contributed by atoms with Crippen LogP contribution in [0.4, 0.5) is 0 Å². The molecule has 0 radical (unpaired) electrons. The van der Waals surface area contributed by atoms with E-state index in [2.05, 4.69) is 58.5 Å². The largest absolute Gasteiger partial charge is 2.00 e. The van der Waals surface area contributed by atoms with Crippen molar-refractivity contribution in [2.45, 2.75) is 0 Å². The number of rotatable bonds is 1. The zero-order valence-corrected chi connectivity index (χ0v) is 18.9. The van der Waals surface area contributed by atoms with E-state index in [1.165, 1.54) is 5.39 Å². The average molecular weight is 578 g/mol. The van der Waals surface area contributed by atoms with Gasteiger partial charge < -0.3 is 0 Å². The van der Waals surface area contributed by atoms with Crippen molar-refractivity contribution in [2.75, 3.05) is 0 Å². The molecule has 0 atom stereocenters. The smallest absolute Gasteiger partial charge is 0.256 e. The summed E-state index contributed by atoms with van der Waals surface area (Å²) in [5.41, 5.74) is 4.25. The molecule has 2 aromatic heterocycles. The van der Waals surface area contributed by atoms with Gasteiger partial charge in [0.05, 0.1) is 11.0 Å². The van der Waals surface area contributed by atoms with Gasteiger partial charge in [0, 0.05) is 28.6 Å². The molecule has 0 fully saturated rings. The molecule has 31 heavy (non-hydrogen) atoms. The second-order valence-corrected chi connectivity index (χ2v) is 6.93. The van der Waals surface area contributed by atoms with Crippen LogP contribution < -0.4 is 0 Å². The van der Waals surface area contributed by atoms with Crippen molar-refractivity contribution < 1.29 is 21.1 Å². The van der Waals surface area contributed by atoms with Crippen LogP contribution in [0.15, 0.2) is 109 Å². The predicted octanol–water partition coefficient (Wildman–Crippen LogP) is 6.89. The number of pyridine rings is 2. The van der Waals surface area contributed by atoms with E-state index in [9.17, 15) is 0 Å². The van der Waals surface area contributed by atoms with Gasteiger partial charge >= 0.3 is 21.1 Å². The Morgan fingerprint density at radius 3 is 1.42 bits per heavy atom. The molecule has 0 unspecified atom stereocenters. The molecule has 0 amide bonds. The van der Waals surface area contributed by atoms with E-state index >= 15 is 0 Å². The molecule has 0 saturated carbocycles. The van der Waals surface area contributed by atoms with E-state index in [1.54, 1.807) is 0 Å². The third kappa shape index (κ3) is 4.40. The fourth-order valence-corrected chi connectivity index (χ4v) is 3.61. The molecular formula is C28H18N2Pt. The maximum Gasteiger partial charge on any atom is 2.00 e. The predicted molar refractivity (Wildman–Crippen MR) is 124 cm³/mol. The summed E-state index contributed by atoms with van der Waals surface area (Å²) in [6.45, 7) is 0. The Morgan fingerprint density at radius 2 is 0.968 bits per heavy atom. The molecule has 4 aromatic carbocycles. The van der Waals surface area contributed by atoms with Crippen molar-refractivity contribution in [3.63, 3.8) is 0 Å². The van der Waals surface area contributed by atoms with Crippen molar-refractivity contribution in [1.29, 1.82) is 0 Å². The van der Waals surface area contributed by atoms with Crippen molar-refractivity contribution in [3.8, 4) is 11.1 Å². The fourth-order valence-electron chi connectivity index (χ4n) is 3.61. The van der Waals surface area contributed by atoms with Crippen LogP contribution >= 0.6 is 0 Å². The third-order valence-electron chi connectivity index (χ3n) is 5.03. The minimum absolute atomic E-state index is 0. The summed E-state index contributed by atoms with van der Waals surface area (Å²) in [6, 6.07) is 38.7. The Labute approximate surface area is 195 Å². The third-order valence-corrected chi connectivity index (χ3v) is 5.03. The molecule has 0 N–H and O–H groups in total. The second-order valence-electron chi connectivity index (χ2n) is 6.93. The summed E-state index contributed by atoms with van der Waals surface area (Å²) < 4.78 is 0. The van der Waals surface area contributed by atoms with Crippen molar-refractivity contribution >= 4 is 32.6 Å². The Kier molecular flexibility index (Phi) is 6.50. The summed E-state index contributed by atoms with van der Waals surface area (Å²) in [5.74, 6) is 0. The van der Waals surface area contributed by atoms with E-state index < -0.39 is 0 Å². The first-order valence-electron chi connectivity index (χ1n) is 9.85. The first kappa shape index (κ1) is 20.9. The SMILES string of the molecule is [Pt+2].[c-]1ccccc1-c1[c-]cccc1.c1cnc2c(c1)ccc1ccc3cccnc3c12. The van der Waals surface area contributed by atoms with Gasteiger partial charge in [-0.05, 0) is 17.5 Å². The van der Waals surface area contributed by atoms with Crippen LogP contribution in [0.1, 0.15) is 0 Å². The number of benzene rings is 4. The van der Waals surface area contributed by atoms with Gasteiger partial charge in [-0.15, -0.1) is 12.1 Å². The van der Waals surface area contributed by atoms with Gasteiger partial charge in [-0.3, -0.25) is 9.97 Å². The summed E-state index contributed by atoms with van der Waals surface area (Å²) in [5, 5.41) is 4.64. The van der Waals surface area contributed by atoms with E-state index in [0.29, 0.717) is 0 Å². The number of hydrogen-bond acceptors (Lipinski definition) is 2. The molecule has 2 nitrogen and oxygen atoms in total. The normalized spacial score (nSPS) is 10.3. The maximum atomic E-state index is 4.52. The molecule has 150 valence electrons. The van der Waals surface area contributed by atoms with Crippen molar-refractivity contribution in [3.05, 3.63) is 122 Å². The van der Waals surface area contributed by atoms with Gasteiger partial charge in [0.25, 0.3) is 0 Å². The number of nitrogens with zero attached hydrogens (tertiary/aromatic N) is 2. The molecule has 6 rings (SSSR count). The minimum atomic E-state index is 0. The van der Waals surface area contributed by atoms with Crippen LogP contribution in [-0.2, 0) is 21.1 Å². The molecule has 3 heteroatoms. The molecule has 0 spiro atoms. The first-order valence-corrected chi connectivity index (χ1v) is 9.85. The minimum Gasteiger partial charge on any atom is -0.256 e. The van der Waals surface area contributed by atoms with Crippen LogP contribution in [0, 0.1) is 12.1 Å². The molecule has 0 saturated heterocycles. The van der Waals surface area contributed by atoms with Gasteiger partial charge in [-0.2, -0.15) is 48.5 Å². The van der Waals surface area contributed by atoms with Gasteiger partial charge in [0.2, 0.25) is 0 Å². The Morgan fingerprint density at radius 1 is 0.484 bits per heavy atom. The van der Waals surface area contributed by atoms with Gasteiger partial charge in [-0.25, -0.2) is 11.1 Å². The molecule has 0 aliphatic heterocycles. The van der Waals surface area contributed by atoms with Crippen molar-refractivity contribution in [1.82, 2.24) is 9.97 Å². The van der Waals surface area contributed by atoms with E-state index in [0.717, 1.165) is 38.3 Å². The van der Waals surface area contributed by atoms with Crippen LogP contribution in [0.2, 0.25) is 0 Å². The quantitative estimate of drug-likeness (QED) is 0.157. The molecule has 2 heterocycles. The van der Waals surface area contributed by atoms with Crippen LogP contribution in [0.25, 0.3) is 43.7 Å². The van der Waals surface area contributed by atoms with E-state index in [1.807, 2.05) is 73.1 Å². The zero-order valence-electron chi connectivity index (χ0n) is 16.6. The molecule has 0 aliphatic rings. The maximum absolute atomic E-state index is 4.52. The summed E-state index contributed by atoms with van der Waals surface area (Å²) in [4.78, 5) is 9.04. The molecule has 0 bridgehead atoms. The zero-order chi connectivity index (χ0) is 20.2. The number of aromatic nitrogens is 2. The van der Waals surface area contributed by atoms with Crippen molar-refractivity contribution in [2.24, 2.45) is 0 Å². The van der Waals surface area contributed by atoms with Crippen LogP contribution in [0.3, 0.4) is 0 Å². The molecule has 6 aromatic rings. The second kappa shape index (κ2) is 9.64. The standard InChI is InChI=1S/C16H10N2.C12H8.Pt/c1-3-12-7-5-11-6-8-13-4-2-10-18-16(13)14(11)15(12)17-9-1;1-3-7-11(8-4-1)12-9-5-2-6-10-12;/h1-10H;1-7,9H;/q;-2;+2. The van der Waals surface area contributed by atoms with Gasteiger partial charge in [-0.1, -0.05) is 36.4 Å². The summed E-state index contributed by atoms with van der Waals surface area (Å²) >= 11 is 0. The Hall–Kier alpha value is -3.35. The van der Waals surface area contributed by atoms with Crippen LogP contribution in [-0.4, -0.2) is 9.97 Å². The summed E-state index contributed by atoms with van der Waals surface area (Å²) in [6.07, 6.45) is 3.67. The number of fused-ring (bicyclic) bond motifs is 5. The number of hydrogen-bond donors (Lipinski definition) is 0. The monoisotopic (exact) mass is 577 g/mol. The molecular weight excluding hydrogens is 559 g/mol. The topological polar surface area (TPSA) is 25.8 Å².